The van der Waals surface area contributed by atoms with Gasteiger partial charge < -0.3 is 5.32 Å². The Bertz CT molecular complexity index is 419. The summed E-state index contributed by atoms with van der Waals surface area (Å²) in [5.41, 5.74) is 0.445. The van der Waals surface area contributed by atoms with Gasteiger partial charge >= 0.3 is 6.18 Å². The van der Waals surface area contributed by atoms with E-state index in [0.29, 0.717) is 6.04 Å². The van der Waals surface area contributed by atoms with E-state index in [-0.39, 0.29) is 5.56 Å². The van der Waals surface area contributed by atoms with E-state index in [1.807, 2.05) is 0 Å². The van der Waals surface area contributed by atoms with E-state index in [0.717, 1.165) is 18.5 Å². The van der Waals surface area contributed by atoms with Crippen molar-refractivity contribution in [2.24, 2.45) is 0 Å². The summed E-state index contributed by atoms with van der Waals surface area (Å²) in [4.78, 5) is 11.0. The highest BCUT2D eigenvalue weighted by atomic mass is 19.4. The Kier molecular flexibility index (Phi) is 3.59. The maximum absolute atomic E-state index is 12.2. The second-order valence-electron chi connectivity index (χ2n) is 4.53. The third-order valence-corrected chi connectivity index (χ3v) is 3.13. The van der Waals surface area contributed by atoms with Crippen molar-refractivity contribution in [1.29, 1.82) is 0 Å². The zero-order valence-corrected chi connectivity index (χ0v) is 9.76. The van der Waals surface area contributed by atoms with Gasteiger partial charge in [0.05, 0.1) is 0 Å². The van der Waals surface area contributed by atoms with E-state index in [1.54, 1.807) is 0 Å². The molecule has 0 bridgehead atoms. The normalized spacial score (nSPS) is 16.8. The minimum atomic E-state index is -4.81. The van der Waals surface area contributed by atoms with E-state index in [9.17, 15) is 18.0 Å². The number of nitrogens with one attached hydrogen (secondary N) is 1. The fraction of sp³-hybridized carbons (Fsp3) is 0.462. The standard InChI is InChI=1S/C13H14F3NO/c14-13(15,16)12(18)9-5-7-11(8-6-9)17-10-3-1-2-4-10/h5-8,10,17H,1-4H2. The number of hydrogen-bond acceptors (Lipinski definition) is 2. The molecule has 0 heterocycles. The van der Waals surface area contributed by atoms with Gasteiger partial charge in [0.15, 0.2) is 0 Å². The van der Waals surface area contributed by atoms with Crippen LogP contribution in [0.5, 0.6) is 0 Å². The summed E-state index contributed by atoms with van der Waals surface area (Å²) in [6.07, 6.45) is -0.266. The second kappa shape index (κ2) is 5.00. The first-order chi connectivity index (χ1) is 8.47. The Hall–Kier alpha value is -1.52. The lowest BCUT2D eigenvalue weighted by molar-refractivity contribution is -0.0885. The van der Waals surface area contributed by atoms with E-state index < -0.39 is 12.0 Å². The van der Waals surface area contributed by atoms with Crippen molar-refractivity contribution in [1.82, 2.24) is 0 Å². The van der Waals surface area contributed by atoms with Crippen LogP contribution in [-0.2, 0) is 0 Å². The molecule has 18 heavy (non-hydrogen) atoms. The Morgan fingerprint density at radius 1 is 1.11 bits per heavy atom. The SMILES string of the molecule is O=C(c1ccc(NC2CCCC2)cc1)C(F)(F)F. The highest BCUT2D eigenvalue weighted by molar-refractivity contribution is 6.00. The molecule has 0 aromatic heterocycles. The van der Waals surface area contributed by atoms with Gasteiger partial charge in [-0.05, 0) is 37.1 Å². The number of carbonyl (C=O) groups excluding carboxylic acids is 1. The smallest absolute Gasteiger partial charge is 0.382 e. The van der Waals surface area contributed by atoms with Crippen molar-refractivity contribution < 1.29 is 18.0 Å². The van der Waals surface area contributed by atoms with Gasteiger partial charge in [0.25, 0.3) is 5.78 Å². The Labute approximate surface area is 103 Å². The molecule has 1 fully saturated rings. The van der Waals surface area contributed by atoms with E-state index in [4.69, 9.17) is 0 Å². The topological polar surface area (TPSA) is 29.1 Å². The predicted octanol–water partition coefficient (Wildman–Crippen LogP) is 3.79. The largest absolute Gasteiger partial charge is 0.454 e. The van der Waals surface area contributed by atoms with Crippen LogP contribution < -0.4 is 5.32 Å². The van der Waals surface area contributed by atoms with Gasteiger partial charge in [-0.1, -0.05) is 12.8 Å². The molecule has 2 nitrogen and oxygen atoms in total. The molecule has 1 saturated carbocycles. The van der Waals surface area contributed by atoms with E-state index in [2.05, 4.69) is 5.32 Å². The highest BCUT2D eigenvalue weighted by Gasteiger charge is 2.39. The van der Waals surface area contributed by atoms with Gasteiger partial charge in [-0.3, -0.25) is 4.79 Å². The first-order valence-corrected chi connectivity index (χ1v) is 5.95. The Morgan fingerprint density at radius 3 is 2.17 bits per heavy atom. The van der Waals surface area contributed by atoms with Crippen molar-refractivity contribution in [3.8, 4) is 0 Å². The molecule has 1 aliphatic carbocycles. The minimum absolute atomic E-state index is 0.320. The molecule has 1 aliphatic rings. The number of halogens is 3. The summed E-state index contributed by atoms with van der Waals surface area (Å²) in [5, 5.41) is 3.25. The summed E-state index contributed by atoms with van der Waals surface area (Å²) in [5.74, 6) is -1.80. The number of benzene rings is 1. The van der Waals surface area contributed by atoms with Gasteiger partial charge in [0.1, 0.15) is 0 Å². The van der Waals surface area contributed by atoms with Crippen LogP contribution in [0, 0.1) is 0 Å². The van der Waals surface area contributed by atoms with Gasteiger partial charge in [0.2, 0.25) is 0 Å². The summed E-state index contributed by atoms with van der Waals surface area (Å²) < 4.78 is 36.6. The fourth-order valence-corrected chi connectivity index (χ4v) is 2.19. The number of anilines is 1. The fourth-order valence-electron chi connectivity index (χ4n) is 2.19. The Morgan fingerprint density at radius 2 is 1.67 bits per heavy atom. The number of Topliss-reactive ketones (excluding diaryl/α,β-unsaturated/α-hetero) is 1. The second-order valence-corrected chi connectivity index (χ2v) is 4.53. The number of carbonyl (C=O) groups is 1. The zero-order valence-electron chi connectivity index (χ0n) is 9.76. The lowest BCUT2D eigenvalue weighted by atomic mass is 10.1. The molecular weight excluding hydrogens is 243 g/mol. The molecule has 0 unspecified atom stereocenters. The van der Waals surface area contributed by atoms with Crippen LogP contribution in [0.3, 0.4) is 0 Å². The minimum Gasteiger partial charge on any atom is -0.382 e. The van der Waals surface area contributed by atoms with Crippen LogP contribution >= 0.6 is 0 Å². The third-order valence-electron chi connectivity index (χ3n) is 3.13. The van der Waals surface area contributed by atoms with Crippen molar-refractivity contribution in [3.63, 3.8) is 0 Å². The van der Waals surface area contributed by atoms with Crippen LogP contribution in [0.2, 0.25) is 0 Å². The first-order valence-electron chi connectivity index (χ1n) is 5.95. The summed E-state index contributed by atoms with van der Waals surface area (Å²) >= 11 is 0. The van der Waals surface area contributed by atoms with Gasteiger partial charge in [-0.25, -0.2) is 0 Å². The molecule has 2 rings (SSSR count). The Balaban J connectivity index is 2.03. The molecule has 0 spiro atoms. The zero-order chi connectivity index (χ0) is 13.2. The average Bonchev–Trinajstić information content (AvgIpc) is 2.81. The number of rotatable bonds is 3. The quantitative estimate of drug-likeness (QED) is 0.835. The maximum atomic E-state index is 12.2. The molecule has 5 heteroatoms. The number of ketones is 1. The van der Waals surface area contributed by atoms with Crippen molar-refractivity contribution in [2.45, 2.75) is 37.9 Å². The molecule has 0 aliphatic heterocycles. The molecule has 0 atom stereocenters. The van der Waals surface area contributed by atoms with Gasteiger partial charge in [-0.15, -0.1) is 0 Å². The van der Waals surface area contributed by atoms with Crippen LogP contribution in [0.25, 0.3) is 0 Å². The predicted molar refractivity (Wildman–Crippen MR) is 62.7 cm³/mol. The molecule has 98 valence electrons. The molecule has 1 N–H and O–H groups in total. The van der Waals surface area contributed by atoms with Crippen molar-refractivity contribution in [3.05, 3.63) is 29.8 Å². The highest BCUT2D eigenvalue weighted by Crippen LogP contribution is 2.24. The molecule has 1 aromatic carbocycles. The number of hydrogen-bond donors (Lipinski definition) is 1. The lowest BCUT2D eigenvalue weighted by Crippen LogP contribution is -2.22. The summed E-state index contributed by atoms with van der Waals surface area (Å²) in [7, 11) is 0. The van der Waals surface area contributed by atoms with Gasteiger partial charge in [-0.2, -0.15) is 13.2 Å². The lowest BCUT2D eigenvalue weighted by Gasteiger charge is -2.13. The van der Waals surface area contributed by atoms with Crippen LogP contribution in [0.15, 0.2) is 24.3 Å². The molecule has 0 amide bonds. The maximum Gasteiger partial charge on any atom is 0.454 e. The van der Waals surface area contributed by atoms with Crippen LogP contribution in [-0.4, -0.2) is 18.0 Å². The molecule has 0 saturated heterocycles. The third kappa shape index (κ3) is 3.03. The van der Waals surface area contributed by atoms with Gasteiger partial charge in [0, 0.05) is 17.3 Å². The van der Waals surface area contributed by atoms with Crippen LogP contribution in [0.4, 0.5) is 18.9 Å². The van der Waals surface area contributed by atoms with Crippen LogP contribution in [0.1, 0.15) is 36.0 Å². The van der Waals surface area contributed by atoms with E-state index in [1.165, 1.54) is 37.1 Å². The molecular formula is C13H14F3NO. The summed E-state index contributed by atoms with van der Waals surface area (Å²) in [6, 6.07) is 5.88. The molecule has 1 aromatic rings. The van der Waals surface area contributed by atoms with E-state index >= 15 is 0 Å². The average molecular weight is 257 g/mol. The monoisotopic (exact) mass is 257 g/mol. The number of alkyl halides is 3. The van der Waals surface area contributed by atoms with Crippen molar-refractivity contribution >= 4 is 11.5 Å². The van der Waals surface area contributed by atoms with Crippen molar-refractivity contribution in [2.75, 3.05) is 5.32 Å². The molecule has 0 radical (unpaired) electrons. The summed E-state index contributed by atoms with van der Waals surface area (Å²) in [6.45, 7) is 0. The first kappa shape index (κ1) is 12.9.